The van der Waals surface area contributed by atoms with E-state index in [-0.39, 0.29) is 30.8 Å². The van der Waals surface area contributed by atoms with Gasteiger partial charge in [0.25, 0.3) is 0 Å². The number of amides is 1. The summed E-state index contributed by atoms with van der Waals surface area (Å²) in [5.74, 6) is -0.151. The highest BCUT2D eigenvalue weighted by molar-refractivity contribution is 5.79. The molecule has 0 fully saturated rings. The molecule has 7 nitrogen and oxygen atoms in total. The fourth-order valence-corrected chi connectivity index (χ4v) is 2.83. The Kier molecular flexibility index (Phi) is 6.29. The average molecular weight is 393 g/mol. The highest BCUT2D eigenvalue weighted by Crippen LogP contribution is 2.28. The van der Waals surface area contributed by atoms with Gasteiger partial charge < -0.3 is 4.74 Å². The number of carbonyl (C=O) groups excluding carboxylic acids is 1. The lowest BCUT2D eigenvalue weighted by Gasteiger charge is -2.22. The Hall–Kier alpha value is -3.60. The zero-order valence-electron chi connectivity index (χ0n) is 16.0. The Morgan fingerprint density at radius 3 is 2.90 bits per heavy atom. The Labute approximate surface area is 168 Å². The van der Waals surface area contributed by atoms with Crippen molar-refractivity contribution in [3.63, 3.8) is 0 Å². The summed E-state index contributed by atoms with van der Waals surface area (Å²) in [6.45, 7) is 5.74. The van der Waals surface area contributed by atoms with Crippen LogP contribution in [0.2, 0.25) is 0 Å². The number of hydrogen-bond acceptors (Lipinski definition) is 6. The van der Waals surface area contributed by atoms with Gasteiger partial charge in [0.2, 0.25) is 11.8 Å². The Bertz CT molecular complexity index is 982. The third kappa shape index (κ3) is 5.02. The number of ether oxygens (including phenoxy) is 1. The molecule has 8 heteroatoms. The predicted molar refractivity (Wildman–Crippen MR) is 104 cm³/mol. The Morgan fingerprint density at radius 1 is 1.38 bits per heavy atom. The predicted octanol–water partition coefficient (Wildman–Crippen LogP) is 3.47. The molecular weight excluding hydrogens is 373 g/mol. The zero-order valence-corrected chi connectivity index (χ0v) is 16.0. The van der Waals surface area contributed by atoms with Gasteiger partial charge >= 0.3 is 0 Å². The number of halogens is 1. The van der Waals surface area contributed by atoms with Crippen LogP contribution in [-0.4, -0.2) is 33.7 Å². The smallest absolute Gasteiger partial charge is 0.243 e. The van der Waals surface area contributed by atoms with E-state index in [0.717, 1.165) is 5.57 Å². The molecule has 0 N–H and O–H groups in total. The number of hydrogen-bond donors (Lipinski definition) is 0. The van der Waals surface area contributed by atoms with Gasteiger partial charge in [0.1, 0.15) is 24.5 Å². The molecule has 0 aliphatic carbocycles. The second-order valence-electron chi connectivity index (χ2n) is 6.63. The summed E-state index contributed by atoms with van der Waals surface area (Å²) in [6.07, 6.45) is 4.29. The number of carbonyl (C=O) groups is 1. The summed E-state index contributed by atoms with van der Waals surface area (Å²) >= 11 is 0. The van der Waals surface area contributed by atoms with Crippen LogP contribution in [0.25, 0.3) is 0 Å². The lowest BCUT2D eigenvalue weighted by atomic mass is 10.1. The Morgan fingerprint density at radius 2 is 2.21 bits per heavy atom. The van der Waals surface area contributed by atoms with Gasteiger partial charge in [-0.1, -0.05) is 6.58 Å². The second kappa shape index (κ2) is 9.06. The van der Waals surface area contributed by atoms with Crippen LogP contribution in [-0.2, 0) is 4.79 Å². The number of aromatic nitrogens is 2. The van der Waals surface area contributed by atoms with Crippen LogP contribution >= 0.6 is 0 Å². The summed E-state index contributed by atoms with van der Waals surface area (Å²) < 4.78 is 19.0. The number of rotatable bonds is 7. The van der Waals surface area contributed by atoms with Crippen molar-refractivity contribution in [2.24, 2.45) is 5.10 Å². The average Bonchev–Trinajstić information content (AvgIpc) is 3.23. The normalized spacial score (nSPS) is 15.2. The molecule has 29 heavy (non-hydrogen) atoms. The summed E-state index contributed by atoms with van der Waals surface area (Å²) in [7, 11) is 0. The lowest BCUT2D eigenvalue weighted by Crippen LogP contribution is -2.27. The maximum absolute atomic E-state index is 13.5. The molecule has 1 unspecified atom stereocenters. The van der Waals surface area contributed by atoms with Gasteiger partial charge in [-0.2, -0.15) is 10.4 Å². The molecule has 2 aromatic heterocycles. The summed E-state index contributed by atoms with van der Waals surface area (Å²) in [5.41, 5.74) is 2.10. The molecule has 1 aliphatic rings. The largest absolute Gasteiger partial charge is 0.473 e. The first kappa shape index (κ1) is 20.1. The molecule has 148 valence electrons. The van der Waals surface area contributed by atoms with Crippen molar-refractivity contribution < 1.29 is 13.9 Å². The van der Waals surface area contributed by atoms with Crippen LogP contribution in [0.3, 0.4) is 0 Å². The van der Waals surface area contributed by atoms with Crippen molar-refractivity contribution >= 4 is 12.1 Å². The van der Waals surface area contributed by atoms with Crippen molar-refractivity contribution in [3.8, 4) is 11.9 Å². The van der Waals surface area contributed by atoms with Gasteiger partial charge in [0.15, 0.2) is 0 Å². The molecule has 3 rings (SSSR count). The van der Waals surface area contributed by atoms with E-state index in [4.69, 9.17) is 10.00 Å². The minimum absolute atomic E-state index is 0.162. The third-order valence-electron chi connectivity index (χ3n) is 4.45. The molecule has 0 saturated heterocycles. The first-order valence-electron chi connectivity index (χ1n) is 9.11. The van der Waals surface area contributed by atoms with Crippen LogP contribution in [0.1, 0.15) is 42.3 Å². The minimum Gasteiger partial charge on any atom is -0.473 e. The first-order chi connectivity index (χ1) is 14.0. The lowest BCUT2D eigenvalue weighted by molar-refractivity contribution is -0.133. The van der Waals surface area contributed by atoms with Gasteiger partial charge in [-0.05, 0) is 37.1 Å². The fraction of sp³-hybridized carbons (Fsp3) is 0.286. The standard InChI is InChI=1S/C21H20FN5O2/c1-14(13-29-20-7-4-16(11-23)12-24-20)3-8-21(28)27-19(9-10-25-27)18-6-5-17(22)15(2)26-18/h4-7,10,12,19H,1,3,8-9,13H2,2H3. The topological polar surface area (TPSA) is 91.5 Å². The summed E-state index contributed by atoms with van der Waals surface area (Å²) in [6, 6.07) is 7.83. The minimum atomic E-state index is -0.376. The van der Waals surface area contributed by atoms with Gasteiger partial charge in [0, 0.05) is 31.3 Å². The highest BCUT2D eigenvalue weighted by atomic mass is 19.1. The second-order valence-corrected chi connectivity index (χ2v) is 6.63. The van der Waals surface area contributed by atoms with Crippen molar-refractivity contribution in [3.05, 3.63) is 65.4 Å². The molecule has 0 bridgehead atoms. The molecule has 0 spiro atoms. The molecule has 3 heterocycles. The van der Waals surface area contributed by atoms with Crippen molar-refractivity contribution in [1.82, 2.24) is 15.0 Å². The van der Waals surface area contributed by atoms with E-state index in [0.29, 0.717) is 35.7 Å². The molecule has 0 radical (unpaired) electrons. The summed E-state index contributed by atoms with van der Waals surface area (Å²) in [5, 5.41) is 14.3. The number of pyridine rings is 2. The number of nitriles is 1. The van der Waals surface area contributed by atoms with Crippen LogP contribution in [0.4, 0.5) is 4.39 Å². The van der Waals surface area contributed by atoms with Crippen LogP contribution in [0.15, 0.2) is 47.7 Å². The quantitative estimate of drug-likeness (QED) is 0.672. The fourth-order valence-electron chi connectivity index (χ4n) is 2.83. The van der Waals surface area contributed by atoms with Gasteiger partial charge in [0.05, 0.1) is 17.0 Å². The van der Waals surface area contributed by atoms with E-state index in [1.54, 1.807) is 31.3 Å². The summed E-state index contributed by atoms with van der Waals surface area (Å²) in [4.78, 5) is 20.9. The van der Waals surface area contributed by atoms with Crippen molar-refractivity contribution in [2.45, 2.75) is 32.2 Å². The van der Waals surface area contributed by atoms with E-state index in [1.165, 1.54) is 17.3 Å². The molecule has 0 saturated carbocycles. The van der Waals surface area contributed by atoms with Gasteiger partial charge in [-0.15, -0.1) is 0 Å². The molecule has 2 aromatic rings. The maximum Gasteiger partial charge on any atom is 0.243 e. The third-order valence-corrected chi connectivity index (χ3v) is 4.45. The van der Waals surface area contributed by atoms with Crippen molar-refractivity contribution in [2.75, 3.05) is 6.61 Å². The Balaban J connectivity index is 1.51. The zero-order chi connectivity index (χ0) is 20.8. The molecular formula is C21H20FN5O2. The van der Waals surface area contributed by atoms with E-state index in [2.05, 4.69) is 21.6 Å². The van der Waals surface area contributed by atoms with Crippen molar-refractivity contribution in [1.29, 1.82) is 5.26 Å². The molecule has 1 amide bonds. The first-order valence-corrected chi connectivity index (χ1v) is 9.11. The monoisotopic (exact) mass is 393 g/mol. The van der Waals surface area contributed by atoms with E-state index >= 15 is 0 Å². The van der Waals surface area contributed by atoms with Crippen LogP contribution in [0.5, 0.6) is 5.88 Å². The number of aryl methyl sites for hydroxylation is 1. The van der Waals surface area contributed by atoms with Gasteiger partial charge in [-0.25, -0.2) is 14.4 Å². The SMILES string of the molecule is C=C(CCC(=O)N1N=CCC1c1ccc(F)c(C)n1)COc1ccc(C#N)cn1. The van der Waals surface area contributed by atoms with Crippen LogP contribution < -0.4 is 4.74 Å². The highest BCUT2D eigenvalue weighted by Gasteiger charge is 2.29. The maximum atomic E-state index is 13.5. The number of nitrogens with zero attached hydrogens (tertiary/aromatic N) is 5. The van der Waals surface area contributed by atoms with Gasteiger partial charge in [-0.3, -0.25) is 9.78 Å². The number of hydrazone groups is 1. The van der Waals surface area contributed by atoms with E-state index in [9.17, 15) is 9.18 Å². The van der Waals surface area contributed by atoms with Crippen LogP contribution in [0, 0.1) is 24.1 Å². The molecule has 0 aromatic carbocycles. The molecule has 1 atom stereocenters. The van der Waals surface area contributed by atoms with E-state index < -0.39 is 0 Å². The van der Waals surface area contributed by atoms with E-state index in [1.807, 2.05) is 6.07 Å². The molecule has 1 aliphatic heterocycles.